The van der Waals surface area contributed by atoms with Gasteiger partial charge in [0.2, 0.25) is 0 Å². The highest BCUT2D eigenvalue weighted by Gasteiger charge is 2.21. The lowest BCUT2D eigenvalue weighted by Gasteiger charge is -2.20. The summed E-state index contributed by atoms with van der Waals surface area (Å²) in [6.45, 7) is 4.62. The van der Waals surface area contributed by atoms with Crippen LogP contribution >= 0.6 is 0 Å². The van der Waals surface area contributed by atoms with Gasteiger partial charge in [-0.05, 0) is 26.3 Å². The van der Waals surface area contributed by atoms with Crippen molar-refractivity contribution in [1.29, 1.82) is 0 Å². The van der Waals surface area contributed by atoms with Crippen LogP contribution in [0.2, 0.25) is 0 Å². The summed E-state index contributed by atoms with van der Waals surface area (Å²) in [5.74, 6) is -1.74. The second kappa shape index (κ2) is 7.56. The Balaban J connectivity index is 2.41. The maximum absolute atomic E-state index is 11.6. The largest absolute Gasteiger partial charge is 0.453 e. The summed E-state index contributed by atoms with van der Waals surface area (Å²) >= 11 is 0. The molecular weight excluding hydrogens is 288 g/mol. The normalized spacial score (nSPS) is 12.2. The SMILES string of the molecule is CC(C)(C)NC(=O)NC(=O)COC(=O)[C@@H](O)c1ccccc1. The van der Waals surface area contributed by atoms with Gasteiger partial charge in [0.15, 0.2) is 12.7 Å². The van der Waals surface area contributed by atoms with Gasteiger partial charge in [-0.25, -0.2) is 9.59 Å². The zero-order chi connectivity index (χ0) is 16.8. The van der Waals surface area contributed by atoms with Gasteiger partial charge >= 0.3 is 12.0 Å². The first kappa shape index (κ1) is 17.6. The molecule has 0 radical (unpaired) electrons. The Morgan fingerprint density at radius 1 is 1.18 bits per heavy atom. The molecule has 22 heavy (non-hydrogen) atoms. The first-order valence-electron chi connectivity index (χ1n) is 6.70. The summed E-state index contributed by atoms with van der Waals surface area (Å²) in [5, 5.41) is 14.3. The summed E-state index contributed by atoms with van der Waals surface area (Å²) in [5.41, 5.74) is -0.136. The molecule has 3 N–H and O–H groups in total. The number of esters is 1. The van der Waals surface area contributed by atoms with E-state index in [9.17, 15) is 19.5 Å². The van der Waals surface area contributed by atoms with Crippen LogP contribution in [-0.2, 0) is 14.3 Å². The first-order valence-corrected chi connectivity index (χ1v) is 6.70. The highest BCUT2D eigenvalue weighted by atomic mass is 16.5. The van der Waals surface area contributed by atoms with Gasteiger partial charge in [0.25, 0.3) is 5.91 Å². The van der Waals surface area contributed by atoms with Crippen LogP contribution in [0.15, 0.2) is 30.3 Å². The highest BCUT2D eigenvalue weighted by Crippen LogP contribution is 2.13. The molecule has 1 aromatic carbocycles. The van der Waals surface area contributed by atoms with E-state index in [1.807, 2.05) is 5.32 Å². The van der Waals surface area contributed by atoms with E-state index in [1.165, 1.54) is 0 Å². The molecule has 7 nitrogen and oxygen atoms in total. The lowest BCUT2D eigenvalue weighted by atomic mass is 10.1. The molecule has 1 rings (SSSR count). The molecule has 0 aliphatic carbocycles. The summed E-state index contributed by atoms with van der Waals surface area (Å²) < 4.78 is 4.67. The van der Waals surface area contributed by atoms with Crippen molar-refractivity contribution in [3.63, 3.8) is 0 Å². The van der Waals surface area contributed by atoms with Gasteiger partial charge in [-0.15, -0.1) is 0 Å². The number of hydrogen-bond acceptors (Lipinski definition) is 5. The van der Waals surface area contributed by atoms with Crippen LogP contribution in [0.25, 0.3) is 0 Å². The monoisotopic (exact) mass is 308 g/mol. The molecule has 0 heterocycles. The van der Waals surface area contributed by atoms with E-state index < -0.39 is 36.2 Å². The van der Waals surface area contributed by atoms with E-state index in [0.717, 1.165) is 0 Å². The maximum Gasteiger partial charge on any atom is 0.340 e. The maximum atomic E-state index is 11.6. The van der Waals surface area contributed by atoms with Gasteiger partial charge < -0.3 is 15.2 Å². The fraction of sp³-hybridized carbons (Fsp3) is 0.400. The van der Waals surface area contributed by atoms with Crippen molar-refractivity contribution in [3.05, 3.63) is 35.9 Å². The summed E-state index contributed by atoms with van der Waals surface area (Å²) in [7, 11) is 0. The van der Waals surface area contributed by atoms with Crippen LogP contribution in [0.1, 0.15) is 32.4 Å². The number of aliphatic hydroxyl groups is 1. The van der Waals surface area contributed by atoms with E-state index in [4.69, 9.17) is 0 Å². The van der Waals surface area contributed by atoms with Crippen LogP contribution in [0.5, 0.6) is 0 Å². The van der Waals surface area contributed by atoms with E-state index in [2.05, 4.69) is 10.1 Å². The van der Waals surface area contributed by atoms with E-state index in [0.29, 0.717) is 5.56 Å². The number of ether oxygens (including phenoxy) is 1. The second-order valence-corrected chi connectivity index (χ2v) is 5.67. The van der Waals surface area contributed by atoms with Crippen molar-refractivity contribution in [1.82, 2.24) is 10.6 Å². The number of imide groups is 1. The fourth-order valence-corrected chi connectivity index (χ4v) is 1.52. The summed E-state index contributed by atoms with van der Waals surface area (Å²) in [6.07, 6.45) is -1.47. The predicted molar refractivity (Wildman–Crippen MR) is 78.8 cm³/mol. The average Bonchev–Trinajstić information content (AvgIpc) is 2.42. The standard InChI is InChI=1S/C15H20N2O5/c1-15(2,3)17-14(21)16-11(18)9-22-13(20)12(19)10-7-5-4-6-8-10/h4-8,12,19H,9H2,1-3H3,(H2,16,17,18,21)/t12-/m0/s1. The Morgan fingerprint density at radius 3 is 2.32 bits per heavy atom. The smallest absolute Gasteiger partial charge is 0.340 e. The zero-order valence-electron chi connectivity index (χ0n) is 12.8. The van der Waals surface area contributed by atoms with Crippen molar-refractivity contribution >= 4 is 17.9 Å². The van der Waals surface area contributed by atoms with Crippen molar-refractivity contribution in [2.45, 2.75) is 32.4 Å². The number of rotatable bonds is 4. The molecule has 0 saturated heterocycles. The third-order valence-electron chi connectivity index (χ3n) is 2.43. The van der Waals surface area contributed by atoms with Gasteiger partial charge in [-0.3, -0.25) is 10.1 Å². The number of aliphatic hydroxyl groups excluding tert-OH is 1. The summed E-state index contributed by atoms with van der Waals surface area (Å²) in [6, 6.07) is 7.50. The van der Waals surface area contributed by atoms with Crippen LogP contribution in [0, 0.1) is 0 Å². The molecule has 0 saturated carbocycles. The Hall–Kier alpha value is -2.41. The first-order chi connectivity index (χ1) is 10.2. The van der Waals surface area contributed by atoms with Gasteiger partial charge in [0.05, 0.1) is 0 Å². The highest BCUT2D eigenvalue weighted by molar-refractivity contribution is 5.95. The average molecular weight is 308 g/mol. The number of hydrogen-bond donors (Lipinski definition) is 3. The van der Waals surface area contributed by atoms with E-state index in [1.54, 1.807) is 51.1 Å². The molecule has 1 atom stereocenters. The molecule has 0 unspecified atom stereocenters. The molecule has 120 valence electrons. The molecule has 0 bridgehead atoms. The topological polar surface area (TPSA) is 105 Å². The number of benzene rings is 1. The second-order valence-electron chi connectivity index (χ2n) is 5.67. The lowest BCUT2D eigenvalue weighted by molar-refractivity contribution is -0.157. The number of nitrogens with one attached hydrogen (secondary N) is 2. The van der Waals surface area contributed by atoms with Crippen molar-refractivity contribution < 1.29 is 24.2 Å². The summed E-state index contributed by atoms with van der Waals surface area (Å²) in [4.78, 5) is 34.5. The molecular formula is C15H20N2O5. The molecule has 7 heteroatoms. The molecule has 1 aromatic rings. The number of carbonyl (C=O) groups is 3. The van der Waals surface area contributed by atoms with Crippen molar-refractivity contribution in [3.8, 4) is 0 Å². The number of amides is 3. The third kappa shape index (κ3) is 6.36. The van der Waals surface area contributed by atoms with E-state index in [-0.39, 0.29) is 0 Å². The number of carbonyl (C=O) groups excluding carboxylic acids is 3. The Morgan fingerprint density at radius 2 is 1.77 bits per heavy atom. The van der Waals surface area contributed by atoms with Crippen LogP contribution in [0.3, 0.4) is 0 Å². The molecule has 3 amide bonds. The minimum atomic E-state index is -1.47. The molecule has 0 aromatic heterocycles. The quantitative estimate of drug-likeness (QED) is 0.716. The van der Waals surface area contributed by atoms with Crippen LogP contribution in [0.4, 0.5) is 4.79 Å². The van der Waals surface area contributed by atoms with Gasteiger partial charge in [0, 0.05) is 5.54 Å². The van der Waals surface area contributed by atoms with Gasteiger partial charge in [-0.1, -0.05) is 30.3 Å². The minimum Gasteiger partial charge on any atom is -0.453 e. The van der Waals surface area contributed by atoms with E-state index >= 15 is 0 Å². The van der Waals surface area contributed by atoms with Crippen LogP contribution < -0.4 is 10.6 Å². The molecule has 0 aliphatic heterocycles. The minimum absolute atomic E-state index is 0.360. The van der Waals surface area contributed by atoms with Gasteiger partial charge in [-0.2, -0.15) is 0 Å². The molecule has 0 fully saturated rings. The Bertz CT molecular complexity index is 537. The molecule has 0 aliphatic rings. The fourth-order valence-electron chi connectivity index (χ4n) is 1.52. The number of urea groups is 1. The van der Waals surface area contributed by atoms with Gasteiger partial charge in [0.1, 0.15) is 0 Å². The van der Waals surface area contributed by atoms with Crippen LogP contribution in [-0.4, -0.2) is 35.2 Å². The lowest BCUT2D eigenvalue weighted by Crippen LogP contribution is -2.49. The Labute approximate surface area is 128 Å². The predicted octanol–water partition coefficient (Wildman–Crippen LogP) is 0.887. The Kier molecular flexibility index (Phi) is 6.06. The molecule has 0 spiro atoms. The zero-order valence-corrected chi connectivity index (χ0v) is 12.8. The van der Waals surface area contributed by atoms with Crippen molar-refractivity contribution in [2.24, 2.45) is 0 Å². The third-order valence-corrected chi connectivity index (χ3v) is 2.43. The van der Waals surface area contributed by atoms with Crippen molar-refractivity contribution in [2.75, 3.05) is 6.61 Å².